The summed E-state index contributed by atoms with van der Waals surface area (Å²) in [4.78, 5) is 2.54. The van der Waals surface area contributed by atoms with Crippen LogP contribution in [0.2, 0.25) is 0 Å². The van der Waals surface area contributed by atoms with Crippen molar-refractivity contribution in [2.75, 3.05) is 4.90 Å². The van der Waals surface area contributed by atoms with Crippen molar-refractivity contribution in [3.05, 3.63) is 258 Å². The maximum absolute atomic E-state index is 6.84. The van der Waals surface area contributed by atoms with Gasteiger partial charge in [-0.15, -0.1) is 0 Å². The Morgan fingerprint density at radius 1 is 0.359 bits per heavy atom. The lowest BCUT2D eigenvalue weighted by Crippen LogP contribution is -2.28. The van der Waals surface area contributed by atoms with Gasteiger partial charge in [0, 0.05) is 44.0 Å². The number of furan rings is 1. The molecule has 0 fully saturated rings. The van der Waals surface area contributed by atoms with Crippen molar-refractivity contribution >= 4 is 49.8 Å². The standard InChI is InChI=1S/C62H43NO/c1-61(2)51-28-13-11-24-49(51)57-53(61)30-16-32-55(57)63(44-37-34-41(35-38-44)46-26-15-27-47-48-39-36-40-18-9-10-23-45(40)60(48)64-59(46)47)56-33-17-31-54-58(56)50-25-12-14-29-52(50)62(54,42-19-5-3-6-20-42)43-21-7-4-8-22-43/h3-39H,1-2H3. The first-order chi connectivity index (χ1) is 31.5. The molecule has 10 aromatic carbocycles. The first-order valence-electron chi connectivity index (χ1n) is 22.3. The molecular weight excluding hydrogens is 775 g/mol. The third-order valence-electron chi connectivity index (χ3n) is 14.4. The minimum atomic E-state index is -0.524. The summed E-state index contributed by atoms with van der Waals surface area (Å²) in [5.74, 6) is 0. The van der Waals surface area contributed by atoms with Crippen molar-refractivity contribution in [1.29, 1.82) is 0 Å². The first-order valence-corrected chi connectivity index (χ1v) is 22.3. The second kappa shape index (κ2) is 13.8. The van der Waals surface area contributed by atoms with E-state index in [-0.39, 0.29) is 5.41 Å². The largest absolute Gasteiger partial charge is 0.455 e. The van der Waals surface area contributed by atoms with Crippen molar-refractivity contribution in [1.82, 2.24) is 0 Å². The highest BCUT2D eigenvalue weighted by Gasteiger charge is 2.47. The van der Waals surface area contributed by atoms with Crippen molar-refractivity contribution in [2.45, 2.75) is 24.7 Å². The van der Waals surface area contributed by atoms with E-state index < -0.39 is 5.41 Å². The summed E-state index contributed by atoms with van der Waals surface area (Å²) in [6, 6.07) is 82.7. The van der Waals surface area contributed by atoms with Gasteiger partial charge in [0.05, 0.1) is 16.8 Å². The number of rotatable bonds is 6. The Bertz CT molecular complexity index is 3590. The molecule has 0 saturated carbocycles. The molecule has 0 saturated heterocycles. The Morgan fingerprint density at radius 2 is 0.875 bits per heavy atom. The van der Waals surface area contributed by atoms with Gasteiger partial charge in [-0.3, -0.25) is 0 Å². The van der Waals surface area contributed by atoms with Crippen molar-refractivity contribution in [3.63, 3.8) is 0 Å². The highest BCUT2D eigenvalue weighted by molar-refractivity contribution is 6.17. The van der Waals surface area contributed by atoms with Gasteiger partial charge in [0.2, 0.25) is 0 Å². The van der Waals surface area contributed by atoms with Gasteiger partial charge in [0.1, 0.15) is 11.2 Å². The molecule has 2 heteroatoms. The molecule has 2 aliphatic carbocycles. The van der Waals surface area contributed by atoms with Crippen LogP contribution in [0.25, 0.3) is 66.1 Å². The van der Waals surface area contributed by atoms with Crippen molar-refractivity contribution < 1.29 is 4.42 Å². The molecule has 0 N–H and O–H groups in total. The number of hydrogen-bond acceptors (Lipinski definition) is 2. The molecule has 13 rings (SSSR count). The number of benzene rings is 10. The summed E-state index contributed by atoms with van der Waals surface area (Å²) in [5.41, 5.74) is 19.6. The predicted molar refractivity (Wildman–Crippen MR) is 266 cm³/mol. The van der Waals surface area contributed by atoms with E-state index in [1.807, 2.05) is 0 Å². The highest BCUT2D eigenvalue weighted by Crippen LogP contribution is 2.61. The number of fused-ring (bicyclic) bond motifs is 11. The SMILES string of the molecule is CC1(C)c2ccccc2-c2c(N(c3ccc(-c4cccc5c4oc4c6ccccc6ccc54)cc3)c3cccc4c3-c3ccccc3C4(c3ccccc3)c3ccccc3)cccc21. The lowest BCUT2D eigenvalue weighted by atomic mass is 9.68. The summed E-state index contributed by atoms with van der Waals surface area (Å²) in [6.07, 6.45) is 0. The van der Waals surface area contributed by atoms with Crippen molar-refractivity contribution in [2.24, 2.45) is 0 Å². The predicted octanol–water partition coefficient (Wildman–Crippen LogP) is 16.5. The summed E-state index contributed by atoms with van der Waals surface area (Å²) in [7, 11) is 0. The van der Waals surface area contributed by atoms with Crippen LogP contribution >= 0.6 is 0 Å². The molecule has 302 valence electrons. The van der Waals surface area contributed by atoms with E-state index in [9.17, 15) is 0 Å². The van der Waals surface area contributed by atoms with Crippen LogP contribution in [0.15, 0.2) is 229 Å². The molecule has 64 heavy (non-hydrogen) atoms. The van der Waals surface area contributed by atoms with E-state index in [2.05, 4.69) is 243 Å². The topological polar surface area (TPSA) is 16.4 Å². The van der Waals surface area contributed by atoms with E-state index in [1.165, 1.54) is 61.0 Å². The van der Waals surface area contributed by atoms with Crippen LogP contribution < -0.4 is 4.90 Å². The zero-order valence-corrected chi connectivity index (χ0v) is 35.7. The van der Waals surface area contributed by atoms with E-state index in [0.717, 1.165) is 55.5 Å². The fourth-order valence-electron chi connectivity index (χ4n) is 11.5. The molecule has 2 nitrogen and oxygen atoms in total. The van der Waals surface area contributed by atoms with Gasteiger partial charge in [-0.05, 0) is 85.8 Å². The summed E-state index contributed by atoms with van der Waals surface area (Å²) >= 11 is 0. The maximum atomic E-state index is 6.84. The molecule has 0 amide bonds. The third kappa shape index (κ3) is 5.02. The lowest BCUT2D eigenvalue weighted by Gasteiger charge is -2.34. The molecule has 11 aromatic rings. The second-order valence-corrected chi connectivity index (χ2v) is 17.9. The van der Waals surface area contributed by atoms with Gasteiger partial charge in [-0.2, -0.15) is 0 Å². The number of nitrogens with zero attached hydrogens (tertiary/aromatic N) is 1. The zero-order valence-electron chi connectivity index (χ0n) is 35.7. The number of anilines is 3. The average Bonchev–Trinajstić information content (AvgIpc) is 3.97. The highest BCUT2D eigenvalue weighted by atomic mass is 16.3. The fraction of sp³-hybridized carbons (Fsp3) is 0.0645. The Hall–Kier alpha value is -7.94. The Kier molecular flexibility index (Phi) is 7.90. The fourth-order valence-corrected chi connectivity index (χ4v) is 11.5. The second-order valence-electron chi connectivity index (χ2n) is 17.9. The molecule has 0 spiro atoms. The normalized spacial score (nSPS) is 14.0. The van der Waals surface area contributed by atoms with Gasteiger partial charge in [0.25, 0.3) is 0 Å². The van der Waals surface area contributed by atoms with Crippen LogP contribution in [0.4, 0.5) is 17.1 Å². The van der Waals surface area contributed by atoms with Gasteiger partial charge < -0.3 is 9.32 Å². The third-order valence-corrected chi connectivity index (χ3v) is 14.4. The smallest absolute Gasteiger partial charge is 0.143 e. The van der Waals surface area contributed by atoms with Gasteiger partial charge in [-0.25, -0.2) is 0 Å². The quantitative estimate of drug-likeness (QED) is 0.166. The summed E-state index contributed by atoms with van der Waals surface area (Å²) in [5, 5.41) is 4.58. The first kappa shape index (κ1) is 36.7. The van der Waals surface area contributed by atoms with E-state index >= 15 is 0 Å². The number of hydrogen-bond donors (Lipinski definition) is 0. The Morgan fingerprint density at radius 3 is 1.59 bits per heavy atom. The Balaban J connectivity index is 1.07. The van der Waals surface area contributed by atoms with Crippen LogP contribution in [0.3, 0.4) is 0 Å². The van der Waals surface area contributed by atoms with Crippen molar-refractivity contribution in [3.8, 4) is 33.4 Å². The zero-order chi connectivity index (χ0) is 42.6. The van der Waals surface area contributed by atoms with Crippen LogP contribution in [0, 0.1) is 0 Å². The lowest BCUT2D eigenvalue weighted by molar-refractivity contribution is 0.660. The van der Waals surface area contributed by atoms with E-state index in [4.69, 9.17) is 4.42 Å². The average molecular weight is 818 g/mol. The molecule has 0 bridgehead atoms. The molecule has 1 aromatic heterocycles. The molecule has 1 heterocycles. The van der Waals surface area contributed by atoms with Crippen LogP contribution in [-0.4, -0.2) is 0 Å². The summed E-state index contributed by atoms with van der Waals surface area (Å²) < 4.78 is 6.84. The molecule has 0 aliphatic heterocycles. The van der Waals surface area contributed by atoms with E-state index in [0.29, 0.717) is 0 Å². The van der Waals surface area contributed by atoms with Crippen LogP contribution in [0.5, 0.6) is 0 Å². The van der Waals surface area contributed by atoms with Crippen LogP contribution in [-0.2, 0) is 10.8 Å². The maximum Gasteiger partial charge on any atom is 0.143 e. The van der Waals surface area contributed by atoms with Gasteiger partial charge in [0.15, 0.2) is 0 Å². The van der Waals surface area contributed by atoms with Gasteiger partial charge in [-0.1, -0.05) is 208 Å². The molecule has 0 unspecified atom stereocenters. The van der Waals surface area contributed by atoms with Gasteiger partial charge >= 0.3 is 0 Å². The molecule has 0 radical (unpaired) electrons. The minimum absolute atomic E-state index is 0.158. The molecule has 2 aliphatic rings. The van der Waals surface area contributed by atoms with E-state index in [1.54, 1.807) is 0 Å². The van der Waals surface area contributed by atoms with Crippen LogP contribution in [0.1, 0.15) is 47.2 Å². The number of para-hydroxylation sites is 1. The monoisotopic (exact) mass is 817 g/mol. The minimum Gasteiger partial charge on any atom is -0.455 e. The molecule has 0 atom stereocenters. The summed E-state index contributed by atoms with van der Waals surface area (Å²) in [6.45, 7) is 4.74. The molecular formula is C62H43NO. The Labute approximate surface area is 373 Å².